The molecule has 14 heavy (non-hydrogen) atoms. The number of hydrogen-bond donors (Lipinski definition) is 0. The van der Waals surface area contributed by atoms with E-state index in [9.17, 15) is 4.79 Å². The van der Waals surface area contributed by atoms with Crippen molar-refractivity contribution < 1.29 is 9.53 Å². The molecular formula is C10H12N2O2. The monoisotopic (exact) mass is 192 g/mol. The highest BCUT2D eigenvalue weighted by molar-refractivity contribution is 5.67. The van der Waals surface area contributed by atoms with Gasteiger partial charge in [0.05, 0.1) is 12.3 Å². The van der Waals surface area contributed by atoms with Gasteiger partial charge in [-0.25, -0.2) is 4.79 Å². The van der Waals surface area contributed by atoms with Gasteiger partial charge in [-0.15, -0.1) is 5.11 Å². The molecule has 0 fully saturated rings. The Morgan fingerprint density at radius 1 is 1.36 bits per heavy atom. The lowest BCUT2D eigenvalue weighted by molar-refractivity contribution is 0.162. The molecule has 0 heterocycles. The fourth-order valence-corrected chi connectivity index (χ4v) is 0.862. The Hall–Kier alpha value is -1.71. The van der Waals surface area contributed by atoms with Crippen LogP contribution in [0, 0.1) is 6.92 Å². The minimum absolute atomic E-state index is 0.311. The zero-order chi connectivity index (χ0) is 10.4. The number of amides is 1. The first-order valence-corrected chi connectivity index (χ1v) is 4.37. The Labute approximate surface area is 82.6 Å². The predicted molar refractivity (Wildman–Crippen MR) is 52.7 cm³/mol. The molecule has 0 radical (unpaired) electrons. The maximum atomic E-state index is 10.8. The zero-order valence-electron chi connectivity index (χ0n) is 8.23. The van der Waals surface area contributed by atoms with Crippen LogP contribution in [0.5, 0.6) is 0 Å². The van der Waals surface area contributed by atoms with Crippen LogP contribution in [0.1, 0.15) is 12.5 Å². The maximum absolute atomic E-state index is 10.8. The Morgan fingerprint density at radius 3 is 2.57 bits per heavy atom. The topological polar surface area (TPSA) is 51.0 Å². The summed E-state index contributed by atoms with van der Waals surface area (Å²) >= 11 is 0. The highest BCUT2D eigenvalue weighted by Gasteiger charge is 1.96. The molecule has 1 amide bonds. The van der Waals surface area contributed by atoms with Crippen LogP contribution < -0.4 is 0 Å². The molecule has 1 aromatic carbocycles. The van der Waals surface area contributed by atoms with Crippen molar-refractivity contribution in [1.29, 1.82) is 0 Å². The van der Waals surface area contributed by atoms with Crippen LogP contribution in [0.4, 0.5) is 10.5 Å². The first-order chi connectivity index (χ1) is 6.72. The number of aryl methyl sites for hydroxylation is 1. The number of carbonyl (C=O) groups excluding carboxylic acids is 1. The summed E-state index contributed by atoms with van der Waals surface area (Å²) in [6.45, 7) is 4.01. The highest BCUT2D eigenvalue weighted by atomic mass is 16.5. The van der Waals surface area contributed by atoms with Crippen molar-refractivity contribution in [2.45, 2.75) is 13.8 Å². The lowest BCUT2D eigenvalue weighted by Crippen LogP contribution is -1.95. The van der Waals surface area contributed by atoms with Crippen LogP contribution >= 0.6 is 0 Å². The molecule has 4 heteroatoms. The third-order valence-electron chi connectivity index (χ3n) is 1.55. The lowest BCUT2D eigenvalue weighted by Gasteiger charge is -1.94. The summed E-state index contributed by atoms with van der Waals surface area (Å²) in [4.78, 5) is 10.8. The molecule has 0 bridgehead atoms. The molecule has 74 valence electrons. The van der Waals surface area contributed by atoms with Gasteiger partial charge in [0, 0.05) is 0 Å². The van der Waals surface area contributed by atoms with E-state index < -0.39 is 6.09 Å². The summed E-state index contributed by atoms with van der Waals surface area (Å²) in [5.74, 6) is 0. The van der Waals surface area contributed by atoms with Crippen LogP contribution in [0.15, 0.2) is 34.5 Å². The van der Waals surface area contributed by atoms with Gasteiger partial charge in [-0.1, -0.05) is 22.8 Å². The summed E-state index contributed by atoms with van der Waals surface area (Å²) in [7, 11) is 0. The van der Waals surface area contributed by atoms with E-state index >= 15 is 0 Å². The highest BCUT2D eigenvalue weighted by Crippen LogP contribution is 2.12. The van der Waals surface area contributed by atoms with E-state index in [1.54, 1.807) is 19.1 Å². The Morgan fingerprint density at radius 2 is 2.00 bits per heavy atom. The minimum Gasteiger partial charge on any atom is -0.447 e. The van der Waals surface area contributed by atoms with Crippen molar-refractivity contribution in [1.82, 2.24) is 0 Å². The summed E-state index contributed by atoms with van der Waals surface area (Å²) in [6.07, 6.45) is -0.659. The fourth-order valence-electron chi connectivity index (χ4n) is 0.862. The third-order valence-corrected chi connectivity index (χ3v) is 1.55. The number of rotatable bonds is 2. The molecule has 0 saturated carbocycles. The Balaban J connectivity index is 2.60. The normalized spacial score (nSPS) is 10.4. The number of carbonyl (C=O) groups is 1. The molecule has 1 rings (SSSR count). The summed E-state index contributed by atoms with van der Waals surface area (Å²) in [5, 5.41) is 7.09. The molecule has 0 unspecified atom stereocenters. The molecule has 0 aliphatic carbocycles. The van der Waals surface area contributed by atoms with Gasteiger partial charge in [-0.3, -0.25) is 0 Å². The lowest BCUT2D eigenvalue weighted by atomic mass is 10.2. The number of azo groups is 1. The standard InChI is InChI=1S/C10H12N2O2/c1-3-14-10(13)12-11-9-6-4-8(2)5-7-9/h4-7H,3H2,1-2H3. The summed E-state index contributed by atoms with van der Waals surface area (Å²) in [6, 6.07) is 7.38. The zero-order valence-corrected chi connectivity index (χ0v) is 8.23. The van der Waals surface area contributed by atoms with Gasteiger partial charge in [0.1, 0.15) is 0 Å². The molecule has 0 aliphatic rings. The van der Waals surface area contributed by atoms with Crippen LogP contribution in [0.3, 0.4) is 0 Å². The number of hydrogen-bond acceptors (Lipinski definition) is 3. The van der Waals surface area contributed by atoms with E-state index in [2.05, 4.69) is 15.0 Å². The van der Waals surface area contributed by atoms with Crippen molar-refractivity contribution in [3.63, 3.8) is 0 Å². The van der Waals surface area contributed by atoms with E-state index in [0.29, 0.717) is 12.3 Å². The van der Waals surface area contributed by atoms with E-state index in [1.165, 1.54) is 0 Å². The molecule has 1 aromatic rings. The average molecular weight is 192 g/mol. The second-order valence-corrected chi connectivity index (χ2v) is 2.73. The van der Waals surface area contributed by atoms with Gasteiger partial charge >= 0.3 is 6.09 Å². The molecule has 0 aromatic heterocycles. The maximum Gasteiger partial charge on any atom is 0.452 e. The average Bonchev–Trinajstić information content (AvgIpc) is 2.17. The molecule has 0 atom stereocenters. The first kappa shape index (κ1) is 10.4. The molecule has 4 nitrogen and oxygen atoms in total. The van der Waals surface area contributed by atoms with Gasteiger partial charge in [-0.2, -0.15) is 0 Å². The number of benzene rings is 1. The first-order valence-electron chi connectivity index (χ1n) is 4.37. The van der Waals surface area contributed by atoms with Gasteiger partial charge in [0.25, 0.3) is 0 Å². The van der Waals surface area contributed by atoms with Crippen molar-refractivity contribution in [2.24, 2.45) is 10.2 Å². The van der Waals surface area contributed by atoms with E-state index in [0.717, 1.165) is 5.56 Å². The molecule has 0 spiro atoms. The molecule has 0 saturated heterocycles. The van der Waals surface area contributed by atoms with E-state index in [4.69, 9.17) is 0 Å². The van der Waals surface area contributed by atoms with Gasteiger partial charge in [-0.05, 0) is 26.0 Å². The Bertz CT molecular complexity index is 330. The summed E-state index contributed by atoms with van der Waals surface area (Å²) < 4.78 is 4.59. The molecule has 0 N–H and O–H groups in total. The second-order valence-electron chi connectivity index (χ2n) is 2.73. The Kier molecular flexibility index (Phi) is 3.79. The second kappa shape index (κ2) is 5.11. The van der Waals surface area contributed by atoms with Crippen molar-refractivity contribution in [3.8, 4) is 0 Å². The largest absolute Gasteiger partial charge is 0.452 e. The van der Waals surface area contributed by atoms with Gasteiger partial charge in [0.2, 0.25) is 0 Å². The SMILES string of the molecule is CCOC(=O)N=Nc1ccc(C)cc1. The van der Waals surface area contributed by atoms with Crippen LogP contribution in [-0.2, 0) is 4.74 Å². The molecule has 0 aliphatic heterocycles. The van der Waals surface area contributed by atoms with Crippen molar-refractivity contribution >= 4 is 11.8 Å². The van der Waals surface area contributed by atoms with Crippen LogP contribution in [0.25, 0.3) is 0 Å². The molecular weight excluding hydrogens is 180 g/mol. The van der Waals surface area contributed by atoms with Gasteiger partial charge < -0.3 is 4.74 Å². The number of ether oxygens (including phenoxy) is 1. The third kappa shape index (κ3) is 3.35. The number of nitrogens with zero attached hydrogens (tertiary/aromatic N) is 2. The van der Waals surface area contributed by atoms with Crippen molar-refractivity contribution in [3.05, 3.63) is 29.8 Å². The van der Waals surface area contributed by atoms with Gasteiger partial charge in [0.15, 0.2) is 0 Å². The fraction of sp³-hybridized carbons (Fsp3) is 0.300. The smallest absolute Gasteiger partial charge is 0.447 e. The quantitative estimate of drug-likeness (QED) is 0.675. The van der Waals surface area contributed by atoms with E-state index in [-0.39, 0.29) is 0 Å². The summed E-state index contributed by atoms with van der Waals surface area (Å²) in [5.41, 5.74) is 1.78. The van der Waals surface area contributed by atoms with Crippen LogP contribution in [0.2, 0.25) is 0 Å². The van der Waals surface area contributed by atoms with Crippen molar-refractivity contribution in [2.75, 3.05) is 6.61 Å². The predicted octanol–water partition coefficient (Wildman–Crippen LogP) is 3.24. The minimum atomic E-state index is -0.659. The van der Waals surface area contributed by atoms with Crippen LogP contribution in [-0.4, -0.2) is 12.7 Å². The van der Waals surface area contributed by atoms with E-state index in [1.807, 2.05) is 19.1 Å².